The molecule has 1 aliphatic carbocycles. The Morgan fingerprint density at radius 3 is 2.54 bits per heavy atom. The molecule has 0 heterocycles. The number of halogens is 2. The predicted molar refractivity (Wildman–Crippen MR) is 60.7 cm³/mol. The zero-order chi connectivity index (χ0) is 8.10. The van der Waals surface area contributed by atoms with Crippen LogP contribution < -0.4 is 0 Å². The molecule has 0 saturated heterocycles. The van der Waals surface area contributed by atoms with E-state index in [1.165, 1.54) is 19.3 Å². The van der Waals surface area contributed by atoms with Gasteiger partial charge in [-0.1, -0.05) is 0 Å². The van der Waals surface area contributed by atoms with Gasteiger partial charge >= 0.3 is 81.5 Å². The second-order valence-electron chi connectivity index (χ2n) is 3.05. The van der Waals surface area contributed by atoms with Crippen LogP contribution in [-0.4, -0.2) is 0 Å². The first-order valence-electron chi connectivity index (χ1n) is 4.44. The summed E-state index contributed by atoms with van der Waals surface area (Å²) in [4.78, 5) is 0. The third-order valence-electron chi connectivity index (χ3n) is 2.03. The van der Waals surface area contributed by atoms with Gasteiger partial charge in [0.1, 0.15) is 0 Å². The molecule has 0 fully saturated rings. The van der Waals surface area contributed by atoms with E-state index in [1.807, 2.05) is 3.28 Å². The van der Waals surface area contributed by atoms with E-state index in [4.69, 9.17) is 0 Å². The summed E-state index contributed by atoms with van der Waals surface area (Å²) in [6, 6.07) is 0. The Morgan fingerprint density at radius 1 is 1.38 bits per heavy atom. The van der Waals surface area contributed by atoms with Gasteiger partial charge in [0.2, 0.25) is 0 Å². The second kappa shape index (κ2) is 9.50. The molecule has 0 atom stereocenters. The fourth-order valence-corrected chi connectivity index (χ4v) is 4.82. The minimum absolute atomic E-state index is 0. The summed E-state index contributed by atoms with van der Waals surface area (Å²) in [5, 5.41) is 0. The maximum absolute atomic E-state index is 2.32. The minimum Gasteiger partial charge on any atom is -0.147 e. The van der Waals surface area contributed by atoms with Crippen LogP contribution in [0.15, 0.2) is 21.0 Å². The summed E-state index contributed by atoms with van der Waals surface area (Å²) in [5.41, 5.74) is 1.59. The van der Waals surface area contributed by atoms with E-state index < -0.39 is 0 Å². The van der Waals surface area contributed by atoms with Crippen LogP contribution in [0.2, 0.25) is 4.13 Å². The van der Waals surface area contributed by atoms with Gasteiger partial charge < -0.3 is 0 Å². The number of hydrogen-bond donors (Lipinski definition) is 0. The molecule has 0 unspecified atom stereocenters. The molecular weight excluding hydrogens is 282 g/mol. The second-order valence-corrected chi connectivity index (χ2v) is 6.63. The Kier molecular flexibility index (Phi) is 12.0. The van der Waals surface area contributed by atoms with Crippen molar-refractivity contribution >= 4 is 24.8 Å². The molecule has 13 heavy (non-hydrogen) atoms. The molecule has 0 aromatic carbocycles. The molecular formula is C10H18Cl2Zr. The van der Waals surface area contributed by atoms with Crippen molar-refractivity contribution in [2.24, 2.45) is 0 Å². The van der Waals surface area contributed by atoms with Gasteiger partial charge in [-0.25, -0.2) is 0 Å². The largest absolute Gasteiger partial charge is 0.147 e. The quantitative estimate of drug-likeness (QED) is 0.677. The summed E-state index contributed by atoms with van der Waals surface area (Å²) in [6.07, 6.45) is 8.74. The van der Waals surface area contributed by atoms with Crippen LogP contribution in [0.4, 0.5) is 0 Å². The van der Waals surface area contributed by atoms with Crippen molar-refractivity contribution in [1.29, 1.82) is 0 Å². The molecule has 0 spiro atoms. The number of rotatable bonds is 4. The molecule has 1 aliphatic rings. The van der Waals surface area contributed by atoms with Crippen LogP contribution in [0.3, 0.4) is 0 Å². The summed E-state index contributed by atoms with van der Waals surface area (Å²) in [6.45, 7) is 4.55. The van der Waals surface area contributed by atoms with Crippen molar-refractivity contribution in [2.45, 2.75) is 37.2 Å². The number of hydrogen-bond acceptors (Lipinski definition) is 0. The van der Waals surface area contributed by atoms with Crippen molar-refractivity contribution in [3.05, 3.63) is 21.0 Å². The zero-order valence-corrected chi connectivity index (χ0v) is 12.4. The molecule has 0 N–H and O–H groups in total. The maximum Gasteiger partial charge on any atom is -0.147 e. The van der Waals surface area contributed by atoms with Crippen LogP contribution in [0.1, 0.15) is 33.1 Å². The molecule has 1 rings (SSSR count). The van der Waals surface area contributed by atoms with Crippen LogP contribution in [0.25, 0.3) is 0 Å². The SMILES string of the molecule is CCC[CH2][Zr][C]1=C(C)C=CC1.Cl.Cl. The van der Waals surface area contributed by atoms with Gasteiger partial charge in [0.25, 0.3) is 0 Å². The van der Waals surface area contributed by atoms with Gasteiger partial charge in [0, 0.05) is 0 Å². The van der Waals surface area contributed by atoms with Crippen molar-refractivity contribution in [1.82, 2.24) is 0 Å². The molecule has 0 aromatic rings. The average molecular weight is 300 g/mol. The average Bonchev–Trinajstić information content (AvgIpc) is 2.37. The van der Waals surface area contributed by atoms with E-state index in [1.54, 1.807) is 9.70 Å². The van der Waals surface area contributed by atoms with Crippen molar-refractivity contribution < 1.29 is 23.2 Å². The first-order chi connectivity index (χ1) is 5.34. The summed E-state index contributed by atoms with van der Waals surface area (Å²) in [5.74, 6) is 0. The van der Waals surface area contributed by atoms with E-state index in [9.17, 15) is 0 Å². The van der Waals surface area contributed by atoms with E-state index in [0.29, 0.717) is 0 Å². The molecule has 0 saturated carbocycles. The van der Waals surface area contributed by atoms with Gasteiger partial charge in [0.05, 0.1) is 0 Å². The maximum atomic E-state index is 2.32. The van der Waals surface area contributed by atoms with Gasteiger partial charge in [0.15, 0.2) is 0 Å². The standard InChI is InChI=1S/C6H7.C4H9.2ClH.Zr/c1-6-4-2-3-5-6;1-3-4-2;;;/h2,4H,3H2,1H3;1,3-4H2,2H3;2*1H;. The molecule has 0 bridgehead atoms. The van der Waals surface area contributed by atoms with Gasteiger partial charge in [-0.3, -0.25) is 0 Å². The Hall–Kier alpha value is 0.943. The number of allylic oxidation sites excluding steroid dienone is 4. The van der Waals surface area contributed by atoms with Crippen molar-refractivity contribution in [3.8, 4) is 0 Å². The fourth-order valence-electron chi connectivity index (χ4n) is 1.24. The first-order valence-corrected chi connectivity index (χ1v) is 7.41. The molecule has 0 nitrogen and oxygen atoms in total. The smallest absolute Gasteiger partial charge is 0.147 e. The normalized spacial score (nSPS) is 13.7. The number of unbranched alkanes of at least 4 members (excludes halogenated alkanes) is 1. The molecule has 0 radical (unpaired) electrons. The van der Waals surface area contributed by atoms with E-state index >= 15 is 0 Å². The molecule has 0 aromatic heterocycles. The summed E-state index contributed by atoms with van der Waals surface area (Å²) < 4.78 is 3.39. The van der Waals surface area contributed by atoms with E-state index in [2.05, 4.69) is 26.0 Å². The van der Waals surface area contributed by atoms with Crippen LogP contribution in [-0.2, 0) is 23.2 Å². The van der Waals surface area contributed by atoms with Crippen LogP contribution in [0, 0.1) is 0 Å². The van der Waals surface area contributed by atoms with Crippen LogP contribution >= 0.6 is 24.8 Å². The Balaban J connectivity index is 0. The third-order valence-corrected chi connectivity index (χ3v) is 6.04. The monoisotopic (exact) mass is 298 g/mol. The van der Waals surface area contributed by atoms with Crippen LogP contribution in [0.5, 0.6) is 0 Å². The Morgan fingerprint density at radius 2 is 2.08 bits per heavy atom. The Labute approximate surface area is 106 Å². The molecule has 76 valence electrons. The van der Waals surface area contributed by atoms with E-state index in [0.717, 1.165) is 0 Å². The molecule has 0 aliphatic heterocycles. The van der Waals surface area contributed by atoms with Crippen molar-refractivity contribution in [2.75, 3.05) is 0 Å². The van der Waals surface area contributed by atoms with Crippen molar-refractivity contribution in [3.63, 3.8) is 0 Å². The van der Waals surface area contributed by atoms with Gasteiger partial charge in [-0.15, -0.1) is 24.8 Å². The minimum atomic E-state index is -0.118. The molecule has 3 heteroatoms. The fraction of sp³-hybridized carbons (Fsp3) is 0.600. The summed E-state index contributed by atoms with van der Waals surface area (Å²) >= 11 is -0.118. The van der Waals surface area contributed by atoms with Gasteiger partial charge in [-0.05, 0) is 0 Å². The zero-order valence-electron chi connectivity index (χ0n) is 8.30. The van der Waals surface area contributed by atoms with E-state index in [-0.39, 0.29) is 48.0 Å². The summed E-state index contributed by atoms with van der Waals surface area (Å²) in [7, 11) is 0. The van der Waals surface area contributed by atoms with Gasteiger partial charge in [-0.2, -0.15) is 0 Å². The molecule has 0 amide bonds. The third kappa shape index (κ3) is 6.10. The predicted octanol–water partition coefficient (Wildman–Crippen LogP) is 4.36. The topological polar surface area (TPSA) is 0 Å². The first kappa shape index (κ1) is 16.4. The Bertz CT molecular complexity index is 185.